The Kier molecular flexibility index (Phi) is 5.85. The second kappa shape index (κ2) is 7.41. The molecule has 0 aromatic heterocycles. The first kappa shape index (κ1) is 15.8. The zero-order chi connectivity index (χ0) is 14.4. The third-order valence-electron chi connectivity index (χ3n) is 4.96. The fourth-order valence-corrected chi connectivity index (χ4v) is 3.82. The molecule has 1 amide bonds. The molecule has 0 bridgehead atoms. The second-order valence-corrected chi connectivity index (χ2v) is 6.50. The predicted molar refractivity (Wildman–Crippen MR) is 80.6 cm³/mol. The number of amides is 1. The van der Waals surface area contributed by atoms with Crippen LogP contribution < -0.4 is 5.32 Å². The Morgan fingerprint density at radius 3 is 2.70 bits per heavy atom. The molecular weight excluding hydrogens is 252 g/mol. The normalized spacial score (nSPS) is 28.6. The first-order chi connectivity index (χ1) is 9.72. The van der Waals surface area contributed by atoms with Crippen molar-refractivity contribution in [2.75, 3.05) is 39.9 Å². The summed E-state index contributed by atoms with van der Waals surface area (Å²) in [7, 11) is 1.77. The van der Waals surface area contributed by atoms with E-state index in [4.69, 9.17) is 4.74 Å². The lowest BCUT2D eigenvalue weighted by Gasteiger charge is -2.42. The number of rotatable bonds is 5. The molecule has 0 aromatic rings. The van der Waals surface area contributed by atoms with Gasteiger partial charge in [-0.15, -0.1) is 0 Å². The molecule has 0 aliphatic carbocycles. The quantitative estimate of drug-likeness (QED) is 0.839. The smallest absolute Gasteiger partial charge is 0.230 e. The molecule has 0 radical (unpaired) electrons. The van der Waals surface area contributed by atoms with Gasteiger partial charge in [-0.25, -0.2) is 0 Å². The zero-order valence-corrected chi connectivity index (χ0v) is 13.1. The second-order valence-electron chi connectivity index (χ2n) is 6.50. The number of likely N-dealkylation sites (tertiary alicyclic amines) is 1. The summed E-state index contributed by atoms with van der Waals surface area (Å²) in [6.07, 6.45) is 6.49. The lowest BCUT2D eigenvalue weighted by molar-refractivity contribution is -0.145. The summed E-state index contributed by atoms with van der Waals surface area (Å²) in [4.78, 5) is 15.1. The van der Waals surface area contributed by atoms with Crippen LogP contribution in [0.4, 0.5) is 0 Å². The molecule has 2 saturated heterocycles. The van der Waals surface area contributed by atoms with Crippen LogP contribution in [0.2, 0.25) is 0 Å². The Morgan fingerprint density at radius 2 is 2.15 bits per heavy atom. The van der Waals surface area contributed by atoms with Gasteiger partial charge in [-0.1, -0.05) is 13.3 Å². The number of nitrogens with one attached hydrogen (secondary N) is 1. The van der Waals surface area contributed by atoms with E-state index in [0.29, 0.717) is 11.8 Å². The van der Waals surface area contributed by atoms with Crippen LogP contribution in [0, 0.1) is 11.3 Å². The van der Waals surface area contributed by atoms with Crippen molar-refractivity contribution in [3.63, 3.8) is 0 Å². The minimum absolute atomic E-state index is 0.124. The van der Waals surface area contributed by atoms with Crippen LogP contribution in [0.25, 0.3) is 0 Å². The molecule has 2 rings (SSSR count). The topological polar surface area (TPSA) is 41.6 Å². The van der Waals surface area contributed by atoms with Crippen molar-refractivity contribution in [1.29, 1.82) is 0 Å². The molecule has 2 aliphatic heterocycles. The lowest BCUT2D eigenvalue weighted by atomic mass is 9.75. The Labute approximate surface area is 123 Å². The number of nitrogens with zero attached hydrogens (tertiary/aromatic N) is 1. The van der Waals surface area contributed by atoms with Crippen molar-refractivity contribution >= 4 is 5.91 Å². The van der Waals surface area contributed by atoms with E-state index in [1.165, 1.54) is 0 Å². The first-order valence-electron chi connectivity index (χ1n) is 8.21. The minimum Gasteiger partial charge on any atom is -0.384 e. The van der Waals surface area contributed by atoms with Crippen molar-refractivity contribution in [2.45, 2.75) is 45.4 Å². The number of carbonyl (C=O) groups is 1. The van der Waals surface area contributed by atoms with E-state index in [1.54, 1.807) is 7.11 Å². The highest BCUT2D eigenvalue weighted by atomic mass is 16.5. The third kappa shape index (κ3) is 3.53. The Hall–Kier alpha value is -0.610. The Bertz CT molecular complexity index is 300. The maximum absolute atomic E-state index is 13.0. The molecule has 0 spiro atoms. The summed E-state index contributed by atoms with van der Waals surface area (Å²) in [6.45, 7) is 6.79. The van der Waals surface area contributed by atoms with Crippen molar-refractivity contribution in [3.8, 4) is 0 Å². The minimum atomic E-state index is -0.124. The number of methoxy groups -OCH3 is 1. The standard InChI is InChI=1S/C16H30N2O2/c1-3-7-16(8-4-9-17-13-16)15(19)18-10-5-14(6-11-18)12-20-2/h14,17H,3-13H2,1-2H3. The van der Waals surface area contributed by atoms with Crippen molar-refractivity contribution in [2.24, 2.45) is 11.3 Å². The molecule has 116 valence electrons. The summed E-state index contributed by atoms with van der Waals surface area (Å²) < 4.78 is 5.24. The molecule has 2 fully saturated rings. The average Bonchev–Trinajstić information content (AvgIpc) is 2.49. The summed E-state index contributed by atoms with van der Waals surface area (Å²) in [6, 6.07) is 0. The highest BCUT2D eigenvalue weighted by molar-refractivity contribution is 5.83. The van der Waals surface area contributed by atoms with Gasteiger partial charge in [-0.3, -0.25) is 4.79 Å². The summed E-state index contributed by atoms with van der Waals surface area (Å²) in [5.41, 5.74) is -0.124. The van der Waals surface area contributed by atoms with Crippen LogP contribution in [-0.2, 0) is 9.53 Å². The largest absolute Gasteiger partial charge is 0.384 e. The molecule has 1 atom stereocenters. The Balaban J connectivity index is 1.95. The van der Waals surface area contributed by atoms with Gasteiger partial charge >= 0.3 is 0 Å². The molecule has 2 heterocycles. The van der Waals surface area contributed by atoms with Gasteiger partial charge in [0.1, 0.15) is 0 Å². The number of ether oxygens (including phenoxy) is 1. The molecule has 0 saturated carbocycles. The van der Waals surface area contributed by atoms with Crippen molar-refractivity contribution < 1.29 is 9.53 Å². The van der Waals surface area contributed by atoms with E-state index in [9.17, 15) is 4.79 Å². The van der Waals surface area contributed by atoms with Gasteiger partial charge in [0, 0.05) is 33.4 Å². The number of hydrogen-bond donors (Lipinski definition) is 1. The predicted octanol–water partition coefficient (Wildman–Crippen LogP) is 2.04. The van der Waals surface area contributed by atoms with Crippen LogP contribution in [0.3, 0.4) is 0 Å². The lowest BCUT2D eigenvalue weighted by Crippen LogP contribution is -2.53. The molecule has 1 unspecified atom stereocenters. The zero-order valence-electron chi connectivity index (χ0n) is 13.1. The summed E-state index contributed by atoms with van der Waals surface area (Å²) in [5.74, 6) is 1.04. The highest BCUT2D eigenvalue weighted by Gasteiger charge is 2.41. The highest BCUT2D eigenvalue weighted by Crippen LogP contribution is 2.35. The van der Waals surface area contributed by atoms with Gasteiger partial charge in [0.25, 0.3) is 0 Å². The van der Waals surface area contributed by atoms with Gasteiger partial charge in [0.2, 0.25) is 5.91 Å². The van der Waals surface area contributed by atoms with Gasteiger partial charge in [-0.2, -0.15) is 0 Å². The molecule has 0 aromatic carbocycles. The fraction of sp³-hybridized carbons (Fsp3) is 0.938. The van der Waals surface area contributed by atoms with Crippen LogP contribution in [0.15, 0.2) is 0 Å². The molecule has 2 aliphatic rings. The van der Waals surface area contributed by atoms with E-state index in [-0.39, 0.29) is 5.41 Å². The number of piperidine rings is 2. The average molecular weight is 282 g/mol. The Morgan fingerprint density at radius 1 is 1.40 bits per heavy atom. The van der Waals surface area contributed by atoms with E-state index in [0.717, 1.165) is 71.3 Å². The SMILES string of the molecule is CCCC1(C(=O)N2CCC(COC)CC2)CCCNC1. The van der Waals surface area contributed by atoms with Crippen LogP contribution in [0.5, 0.6) is 0 Å². The monoisotopic (exact) mass is 282 g/mol. The summed E-state index contributed by atoms with van der Waals surface area (Å²) in [5, 5.41) is 3.44. The van der Waals surface area contributed by atoms with Gasteiger partial charge in [0.15, 0.2) is 0 Å². The fourth-order valence-electron chi connectivity index (χ4n) is 3.82. The number of carbonyl (C=O) groups excluding carboxylic acids is 1. The van der Waals surface area contributed by atoms with E-state index < -0.39 is 0 Å². The van der Waals surface area contributed by atoms with Crippen molar-refractivity contribution in [3.05, 3.63) is 0 Å². The number of hydrogen-bond acceptors (Lipinski definition) is 3. The molecular formula is C16H30N2O2. The van der Waals surface area contributed by atoms with E-state index in [2.05, 4.69) is 17.1 Å². The molecule has 1 N–H and O–H groups in total. The van der Waals surface area contributed by atoms with Crippen LogP contribution >= 0.6 is 0 Å². The summed E-state index contributed by atoms with van der Waals surface area (Å²) >= 11 is 0. The first-order valence-corrected chi connectivity index (χ1v) is 8.21. The molecule has 4 nitrogen and oxygen atoms in total. The van der Waals surface area contributed by atoms with Gasteiger partial charge < -0.3 is 15.0 Å². The molecule has 4 heteroatoms. The molecule has 20 heavy (non-hydrogen) atoms. The third-order valence-corrected chi connectivity index (χ3v) is 4.96. The van der Waals surface area contributed by atoms with Crippen LogP contribution in [-0.4, -0.2) is 50.7 Å². The van der Waals surface area contributed by atoms with Crippen LogP contribution in [0.1, 0.15) is 45.4 Å². The maximum atomic E-state index is 13.0. The van der Waals surface area contributed by atoms with E-state index in [1.807, 2.05) is 0 Å². The van der Waals surface area contributed by atoms with Gasteiger partial charge in [0.05, 0.1) is 5.41 Å². The van der Waals surface area contributed by atoms with Gasteiger partial charge in [-0.05, 0) is 44.6 Å². The van der Waals surface area contributed by atoms with E-state index >= 15 is 0 Å². The van der Waals surface area contributed by atoms with Crippen molar-refractivity contribution in [1.82, 2.24) is 10.2 Å². The maximum Gasteiger partial charge on any atom is 0.230 e.